The monoisotopic (exact) mass is 357 g/mol. The van der Waals surface area contributed by atoms with Gasteiger partial charge in [0.2, 0.25) is 5.75 Å². The van der Waals surface area contributed by atoms with E-state index in [0.29, 0.717) is 11.3 Å². The summed E-state index contributed by atoms with van der Waals surface area (Å²) in [7, 11) is 0. The Balaban J connectivity index is 2.27. The van der Waals surface area contributed by atoms with E-state index in [-0.39, 0.29) is 11.3 Å². The molecular formula is C19H19NO6. The third-order valence-corrected chi connectivity index (χ3v) is 3.28. The van der Waals surface area contributed by atoms with Crippen molar-refractivity contribution in [1.29, 1.82) is 0 Å². The largest absolute Gasteiger partial charge is 0.456 e. The third-order valence-electron chi connectivity index (χ3n) is 3.28. The van der Waals surface area contributed by atoms with Crippen molar-refractivity contribution in [2.24, 2.45) is 0 Å². The first-order chi connectivity index (χ1) is 12.1. The predicted octanol–water partition coefficient (Wildman–Crippen LogP) is 4.55. The number of carbonyl (C=O) groups excluding carboxylic acids is 2. The van der Waals surface area contributed by atoms with E-state index in [1.807, 2.05) is 0 Å². The van der Waals surface area contributed by atoms with Crippen LogP contribution in [0, 0.1) is 10.1 Å². The minimum Gasteiger partial charge on any atom is -0.456 e. The van der Waals surface area contributed by atoms with Gasteiger partial charge < -0.3 is 9.47 Å². The van der Waals surface area contributed by atoms with Gasteiger partial charge in [0, 0.05) is 0 Å². The lowest BCUT2D eigenvalue weighted by Crippen LogP contribution is -2.23. The van der Waals surface area contributed by atoms with E-state index in [1.54, 1.807) is 20.8 Å². The highest BCUT2D eigenvalue weighted by molar-refractivity contribution is 5.99. The number of hydrogen-bond acceptors (Lipinski definition) is 6. The maximum atomic E-state index is 12.0. The van der Waals surface area contributed by atoms with Gasteiger partial charge in [0.25, 0.3) is 0 Å². The molecule has 2 aromatic rings. The summed E-state index contributed by atoms with van der Waals surface area (Å²) in [5.41, 5.74) is -0.701. The Morgan fingerprint density at radius 2 is 1.65 bits per heavy atom. The van der Waals surface area contributed by atoms with Gasteiger partial charge in [0.1, 0.15) is 11.4 Å². The number of rotatable bonds is 5. The second-order valence-corrected chi connectivity index (χ2v) is 6.59. The van der Waals surface area contributed by atoms with Crippen molar-refractivity contribution in [2.45, 2.75) is 33.3 Å². The van der Waals surface area contributed by atoms with Crippen molar-refractivity contribution >= 4 is 17.4 Å². The van der Waals surface area contributed by atoms with E-state index in [9.17, 15) is 19.7 Å². The van der Waals surface area contributed by atoms with Gasteiger partial charge in [-0.1, -0.05) is 6.07 Å². The maximum Gasteiger partial charge on any atom is 0.338 e. The summed E-state index contributed by atoms with van der Waals surface area (Å²) < 4.78 is 10.8. The number of nitro benzene ring substituents is 1. The van der Waals surface area contributed by atoms with Gasteiger partial charge >= 0.3 is 11.7 Å². The number of hydrogen-bond donors (Lipinski definition) is 0. The summed E-state index contributed by atoms with van der Waals surface area (Å²) in [5.74, 6) is -0.662. The number of benzene rings is 2. The van der Waals surface area contributed by atoms with E-state index in [0.717, 1.165) is 0 Å². The Morgan fingerprint density at radius 3 is 2.15 bits per heavy atom. The van der Waals surface area contributed by atoms with Crippen molar-refractivity contribution in [3.63, 3.8) is 0 Å². The molecule has 0 aliphatic carbocycles. The molecule has 0 N–H and O–H groups in total. The number of ether oxygens (including phenoxy) is 2. The number of esters is 1. The first kappa shape index (κ1) is 19.1. The third kappa shape index (κ3) is 4.66. The highest BCUT2D eigenvalue weighted by atomic mass is 16.6. The van der Waals surface area contributed by atoms with Crippen LogP contribution in [-0.2, 0) is 4.74 Å². The van der Waals surface area contributed by atoms with Crippen LogP contribution in [0.5, 0.6) is 11.5 Å². The van der Waals surface area contributed by atoms with Gasteiger partial charge in [-0.05, 0) is 64.1 Å². The fraction of sp³-hybridized carbons (Fsp3) is 0.263. The van der Waals surface area contributed by atoms with E-state index >= 15 is 0 Å². The minimum atomic E-state index is -0.652. The number of nitro groups is 1. The normalized spacial score (nSPS) is 10.9. The molecule has 0 fully saturated rings. The van der Waals surface area contributed by atoms with Crippen LogP contribution in [0.2, 0.25) is 0 Å². The number of nitrogens with zero attached hydrogens (tertiary/aromatic N) is 1. The Kier molecular flexibility index (Phi) is 5.40. The number of carbonyl (C=O) groups is 2. The molecule has 2 aromatic carbocycles. The number of Topliss-reactive ketones (excluding diaryl/α,β-unsaturated/α-hetero) is 1. The summed E-state index contributed by atoms with van der Waals surface area (Å²) in [6, 6.07) is 10.3. The van der Waals surface area contributed by atoms with Crippen LogP contribution in [-0.4, -0.2) is 22.3 Å². The quantitative estimate of drug-likeness (QED) is 0.337. The summed E-state index contributed by atoms with van der Waals surface area (Å²) in [6.45, 7) is 6.55. The first-order valence-corrected chi connectivity index (χ1v) is 7.88. The molecule has 0 aromatic heterocycles. The lowest BCUT2D eigenvalue weighted by atomic mass is 10.1. The lowest BCUT2D eigenvalue weighted by molar-refractivity contribution is -0.385. The van der Waals surface area contributed by atoms with Crippen LogP contribution in [0.25, 0.3) is 0 Å². The molecule has 0 spiro atoms. The molecule has 0 heterocycles. The fourth-order valence-corrected chi connectivity index (χ4v) is 2.20. The van der Waals surface area contributed by atoms with Crippen LogP contribution < -0.4 is 4.74 Å². The highest BCUT2D eigenvalue weighted by Gasteiger charge is 2.24. The molecule has 0 bridgehead atoms. The van der Waals surface area contributed by atoms with Crippen molar-refractivity contribution < 1.29 is 24.0 Å². The van der Waals surface area contributed by atoms with Crippen molar-refractivity contribution in [3.8, 4) is 11.5 Å². The van der Waals surface area contributed by atoms with Crippen molar-refractivity contribution in [3.05, 3.63) is 63.7 Å². The SMILES string of the molecule is CC(=O)c1cccc(Oc2ccc(C(=O)OC(C)(C)C)cc2)c1[N+](=O)[O-]. The smallest absolute Gasteiger partial charge is 0.338 e. The van der Waals surface area contributed by atoms with Crippen LogP contribution >= 0.6 is 0 Å². The van der Waals surface area contributed by atoms with Crippen LogP contribution in [0.15, 0.2) is 42.5 Å². The predicted molar refractivity (Wildman–Crippen MR) is 94.8 cm³/mol. The van der Waals surface area contributed by atoms with E-state index < -0.39 is 28.0 Å². The zero-order valence-electron chi connectivity index (χ0n) is 14.9. The van der Waals surface area contributed by atoms with E-state index in [1.165, 1.54) is 49.4 Å². The van der Waals surface area contributed by atoms with E-state index in [4.69, 9.17) is 9.47 Å². The lowest BCUT2D eigenvalue weighted by Gasteiger charge is -2.19. The molecule has 7 nitrogen and oxygen atoms in total. The van der Waals surface area contributed by atoms with E-state index in [2.05, 4.69) is 0 Å². The van der Waals surface area contributed by atoms with Crippen LogP contribution in [0.1, 0.15) is 48.4 Å². The van der Waals surface area contributed by atoms with Gasteiger partial charge in [-0.15, -0.1) is 0 Å². The molecule has 0 amide bonds. The Labute approximate surface area is 150 Å². The average molecular weight is 357 g/mol. The Hall–Kier alpha value is -3.22. The molecule has 0 radical (unpaired) electrons. The topological polar surface area (TPSA) is 95.7 Å². The summed E-state index contributed by atoms with van der Waals surface area (Å²) in [5, 5.41) is 11.3. The molecule has 0 unspecified atom stereocenters. The minimum absolute atomic E-state index is 0.0297. The van der Waals surface area contributed by atoms with Gasteiger partial charge in [-0.25, -0.2) is 4.79 Å². The molecule has 26 heavy (non-hydrogen) atoms. The number of ketones is 1. The maximum absolute atomic E-state index is 12.0. The van der Waals surface area contributed by atoms with Gasteiger partial charge in [0.05, 0.1) is 16.1 Å². The van der Waals surface area contributed by atoms with Crippen LogP contribution in [0.4, 0.5) is 5.69 Å². The zero-order chi connectivity index (χ0) is 19.5. The molecule has 0 aliphatic rings. The molecule has 0 saturated heterocycles. The molecule has 7 heteroatoms. The summed E-state index contributed by atoms with van der Waals surface area (Å²) >= 11 is 0. The second-order valence-electron chi connectivity index (χ2n) is 6.59. The zero-order valence-corrected chi connectivity index (χ0v) is 14.9. The molecule has 0 aliphatic heterocycles. The summed E-state index contributed by atoms with van der Waals surface area (Å²) in [4.78, 5) is 34.3. The Bertz CT molecular complexity index is 849. The second kappa shape index (κ2) is 7.35. The van der Waals surface area contributed by atoms with Crippen molar-refractivity contribution in [2.75, 3.05) is 0 Å². The first-order valence-electron chi connectivity index (χ1n) is 7.88. The van der Waals surface area contributed by atoms with Gasteiger partial charge in [-0.2, -0.15) is 0 Å². The molecular weight excluding hydrogens is 338 g/mol. The average Bonchev–Trinajstić information content (AvgIpc) is 2.53. The van der Waals surface area contributed by atoms with Gasteiger partial charge in [-0.3, -0.25) is 14.9 Å². The molecule has 0 atom stereocenters. The summed E-state index contributed by atoms with van der Waals surface area (Å²) in [6.07, 6.45) is 0. The van der Waals surface area contributed by atoms with Crippen molar-refractivity contribution in [1.82, 2.24) is 0 Å². The fourth-order valence-electron chi connectivity index (χ4n) is 2.20. The molecule has 136 valence electrons. The van der Waals surface area contributed by atoms with Crippen LogP contribution in [0.3, 0.4) is 0 Å². The molecule has 0 saturated carbocycles. The molecule has 2 rings (SSSR count). The standard InChI is InChI=1S/C19H19NO6/c1-12(21)15-6-5-7-16(17(15)20(23)24)25-14-10-8-13(9-11-14)18(22)26-19(2,3)4/h5-11H,1-4H3. The highest BCUT2D eigenvalue weighted by Crippen LogP contribution is 2.34. The number of para-hydroxylation sites is 1. The Morgan fingerprint density at radius 1 is 1.04 bits per heavy atom. The van der Waals surface area contributed by atoms with Gasteiger partial charge in [0.15, 0.2) is 5.78 Å².